The molecule has 168 valence electrons. The first-order chi connectivity index (χ1) is 16.0. The molecule has 2 heterocycles. The van der Waals surface area contributed by atoms with Crippen molar-refractivity contribution in [2.75, 3.05) is 18.2 Å². The molecule has 0 fully saturated rings. The summed E-state index contributed by atoms with van der Waals surface area (Å²) in [5.41, 5.74) is 2.15. The van der Waals surface area contributed by atoms with Gasteiger partial charge in [-0.3, -0.25) is 4.79 Å². The Bertz CT molecular complexity index is 1160. The number of hydrazone groups is 1. The Balaban J connectivity index is 1.80. The molecule has 0 aliphatic carbocycles. The fourth-order valence-corrected chi connectivity index (χ4v) is 5.69. The van der Waals surface area contributed by atoms with Gasteiger partial charge >= 0.3 is 11.9 Å². The van der Waals surface area contributed by atoms with E-state index in [1.54, 1.807) is 26.0 Å². The lowest BCUT2D eigenvalue weighted by molar-refractivity contribution is -0.140. The van der Waals surface area contributed by atoms with Gasteiger partial charge in [-0.15, -0.1) is 0 Å². The summed E-state index contributed by atoms with van der Waals surface area (Å²) in [5, 5.41) is 5.94. The van der Waals surface area contributed by atoms with Crippen molar-refractivity contribution in [1.29, 1.82) is 0 Å². The Morgan fingerprint density at radius 1 is 0.848 bits per heavy atom. The van der Waals surface area contributed by atoms with Gasteiger partial charge < -0.3 is 9.47 Å². The predicted octanol–water partition coefficient (Wildman–Crippen LogP) is 4.47. The van der Waals surface area contributed by atoms with E-state index in [0.717, 1.165) is 29.1 Å². The topological polar surface area (TPSA) is 85.3 Å². The molecule has 9 heteroatoms. The monoisotopic (exact) mass is 480 g/mol. The molecule has 33 heavy (non-hydrogen) atoms. The van der Waals surface area contributed by atoms with Crippen molar-refractivity contribution in [3.05, 3.63) is 85.8 Å². The minimum atomic E-state index is -0.628. The fraction of sp³-hybridized carbons (Fsp3) is 0.167. The maximum atomic E-state index is 13.6. The third kappa shape index (κ3) is 4.60. The van der Waals surface area contributed by atoms with Crippen molar-refractivity contribution < 1.29 is 23.9 Å². The third-order valence-corrected chi connectivity index (χ3v) is 7.17. The molecule has 2 aliphatic rings. The van der Waals surface area contributed by atoms with Crippen LogP contribution >= 0.6 is 23.5 Å². The Kier molecular flexibility index (Phi) is 7.00. The van der Waals surface area contributed by atoms with Crippen molar-refractivity contribution in [2.24, 2.45) is 5.10 Å². The number of hydrogen-bond acceptors (Lipinski definition) is 8. The minimum absolute atomic E-state index is 0.112. The zero-order valence-electron chi connectivity index (χ0n) is 17.9. The van der Waals surface area contributed by atoms with Crippen LogP contribution < -0.4 is 5.01 Å². The number of ether oxygens (including phenoxy) is 2. The zero-order chi connectivity index (χ0) is 23.4. The molecule has 2 aromatic rings. The maximum absolute atomic E-state index is 13.6. The molecule has 0 radical (unpaired) electrons. The summed E-state index contributed by atoms with van der Waals surface area (Å²) in [6.45, 7) is 3.69. The second-order valence-corrected chi connectivity index (χ2v) is 9.03. The largest absolute Gasteiger partial charge is 0.462 e. The van der Waals surface area contributed by atoms with Crippen molar-refractivity contribution in [1.82, 2.24) is 0 Å². The molecular weight excluding hydrogens is 460 g/mol. The number of thioether (sulfide) groups is 2. The molecule has 0 aromatic heterocycles. The van der Waals surface area contributed by atoms with Crippen LogP contribution in [0.4, 0.5) is 5.69 Å². The summed E-state index contributed by atoms with van der Waals surface area (Å²) in [4.78, 5) is 38.9. The number of rotatable bonds is 6. The molecule has 7 nitrogen and oxygen atoms in total. The van der Waals surface area contributed by atoms with E-state index in [0.29, 0.717) is 21.2 Å². The average Bonchev–Trinajstić information content (AvgIpc) is 3.42. The second kappa shape index (κ2) is 10.1. The molecule has 4 rings (SSSR count). The van der Waals surface area contributed by atoms with Gasteiger partial charge in [0.1, 0.15) is 15.5 Å². The van der Waals surface area contributed by atoms with Gasteiger partial charge in [0, 0.05) is 5.56 Å². The summed E-state index contributed by atoms with van der Waals surface area (Å²) in [5.74, 6) is -1.60. The number of esters is 2. The standard InChI is InChI=1S/C24H20N2O5S2/c1-3-30-22(28)19-20(23(29)31-4-2)33-24(32-19)17-18(15-11-7-5-8-12-15)25-26(21(17)27)16-13-9-6-10-14-16/h5-14H,3-4H2,1-2H3. The van der Waals surface area contributed by atoms with E-state index in [1.807, 2.05) is 48.5 Å². The molecule has 1 amide bonds. The van der Waals surface area contributed by atoms with Gasteiger partial charge in [-0.1, -0.05) is 72.1 Å². The van der Waals surface area contributed by atoms with Gasteiger partial charge in [-0.25, -0.2) is 9.59 Å². The number of para-hydroxylation sites is 1. The van der Waals surface area contributed by atoms with Gasteiger partial charge in [0.15, 0.2) is 0 Å². The van der Waals surface area contributed by atoms with E-state index in [-0.39, 0.29) is 28.9 Å². The SMILES string of the molecule is CCOC(=O)C1=C(C(=O)OCC)SC(=C2C(=O)N(c3ccccc3)N=C2c2ccccc2)S1. The van der Waals surface area contributed by atoms with Crippen LogP contribution in [0.2, 0.25) is 0 Å². The highest BCUT2D eigenvalue weighted by Crippen LogP contribution is 2.52. The number of benzene rings is 2. The molecular formula is C24H20N2O5S2. The summed E-state index contributed by atoms with van der Waals surface area (Å²) in [7, 11) is 0. The first-order valence-electron chi connectivity index (χ1n) is 10.3. The Labute approximate surface area is 199 Å². The van der Waals surface area contributed by atoms with E-state index in [4.69, 9.17) is 9.47 Å². The van der Waals surface area contributed by atoms with Crippen LogP contribution in [0.3, 0.4) is 0 Å². The smallest absolute Gasteiger partial charge is 0.346 e. The van der Waals surface area contributed by atoms with Crippen molar-refractivity contribution >= 4 is 52.8 Å². The Morgan fingerprint density at radius 3 is 1.88 bits per heavy atom. The lowest BCUT2D eigenvalue weighted by Crippen LogP contribution is -2.21. The molecule has 0 saturated carbocycles. The number of hydrogen-bond donors (Lipinski definition) is 0. The Morgan fingerprint density at radius 2 is 1.36 bits per heavy atom. The number of nitrogens with zero attached hydrogens (tertiary/aromatic N) is 2. The average molecular weight is 481 g/mol. The molecule has 2 aromatic carbocycles. The minimum Gasteiger partial charge on any atom is -0.462 e. The highest BCUT2D eigenvalue weighted by molar-refractivity contribution is 8.29. The van der Waals surface area contributed by atoms with Crippen LogP contribution in [0, 0.1) is 0 Å². The highest BCUT2D eigenvalue weighted by atomic mass is 32.2. The van der Waals surface area contributed by atoms with E-state index in [9.17, 15) is 14.4 Å². The lowest BCUT2D eigenvalue weighted by Gasteiger charge is -2.11. The van der Waals surface area contributed by atoms with Gasteiger partial charge in [0.25, 0.3) is 5.91 Å². The quantitative estimate of drug-likeness (QED) is 0.446. The van der Waals surface area contributed by atoms with E-state index >= 15 is 0 Å². The maximum Gasteiger partial charge on any atom is 0.346 e. The third-order valence-electron chi connectivity index (χ3n) is 4.61. The van der Waals surface area contributed by atoms with Crippen LogP contribution in [-0.2, 0) is 23.9 Å². The summed E-state index contributed by atoms with van der Waals surface area (Å²) in [6, 6.07) is 18.4. The van der Waals surface area contributed by atoms with Gasteiger partial charge in [0.05, 0.1) is 28.7 Å². The predicted molar refractivity (Wildman–Crippen MR) is 129 cm³/mol. The van der Waals surface area contributed by atoms with Crippen LogP contribution in [-0.4, -0.2) is 36.8 Å². The number of anilines is 1. The summed E-state index contributed by atoms with van der Waals surface area (Å²) >= 11 is 2.07. The van der Waals surface area contributed by atoms with E-state index < -0.39 is 11.9 Å². The molecule has 0 unspecified atom stereocenters. The summed E-state index contributed by atoms with van der Waals surface area (Å²) < 4.78 is 10.8. The molecule has 0 saturated heterocycles. The van der Waals surface area contributed by atoms with E-state index in [1.165, 1.54) is 5.01 Å². The number of carbonyl (C=O) groups is 3. The summed E-state index contributed by atoms with van der Waals surface area (Å²) in [6.07, 6.45) is 0. The van der Waals surface area contributed by atoms with Crippen molar-refractivity contribution in [3.8, 4) is 0 Å². The molecule has 0 atom stereocenters. The number of amides is 1. The van der Waals surface area contributed by atoms with Crippen LogP contribution in [0.15, 0.2) is 85.4 Å². The molecule has 0 bridgehead atoms. The first kappa shape index (κ1) is 22.9. The van der Waals surface area contributed by atoms with Crippen LogP contribution in [0.25, 0.3) is 0 Å². The molecule has 2 aliphatic heterocycles. The first-order valence-corrected chi connectivity index (χ1v) is 11.9. The van der Waals surface area contributed by atoms with Crippen molar-refractivity contribution in [3.63, 3.8) is 0 Å². The normalized spacial score (nSPS) is 15.8. The van der Waals surface area contributed by atoms with Gasteiger partial charge in [-0.2, -0.15) is 10.1 Å². The second-order valence-electron chi connectivity index (χ2n) is 6.73. The van der Waals surface area contributed by atoms with E-state index in [2.05, 4.69) is 5.10 Å². The lowest BCUT2D eigenvalue weighted by atomic mass is 10.0. The molecule has 0 N–H and O–H groups in total. The van der Waals surface area contributed by atoms with Gasteiger partial charge in [-0.05, 0) is 26.0 Å². The van der Waals surface area contributed by atoms with Crippen LogP contribution in [0.1, 0.15) is 19.4 Å². The number of carbonyl (C=O) groups excluding carboxylic acids is 3. The zero-order valence-corrected chi connectivity index (χ0v) is 19.6. The van der Waals surface area contributed by atoms with Crippen LogP contribution in [0.5, 0.6) is 0 Å². The fourth-order valence-electron chi connectivity index (χ4n) is 3.19. The molecule has 0 spiro atoms. The Hall–Kier alpha value is -3.30. The van der Waals surface area contributed by atoms with Gasteiger partial charge in [0.2, 0.25) is 0 Å². The highest BCUT2D eigenvalue weighted by Gasteiger charge is 2.41. The van der Waals surface area contributed by atoms with Crippen molar-refractivity contribution in [2.45, 2.75) is 13.8 Å².